The summed E-state index contributed by atoms with van der Waals surface area (Å²) in [6.45, 7) is 2.50. The Morgan fingerprint density at radius 1 is 1.08 bits per heavy atom. The van der Waals surface area contributed by atoms with Gasteiger partial charge in [-0.25, -0.2) is 0 Å². The zero-order chi connectivity index (χ0) is 9.10. The van der Waals surface area contributed by atoms with E-state index in [1.807, 2.05) is 0 Å². The summed E-state index contributed by atoms with van der Waals surface area (Å²) < 4.78 is 0. The standard InChI is InChI=1S/C11H21NO/c13-8-7-12(11-5-6-11)9-10-3-1-2-4-10/h10-11,13H,1-9H2. The fourth-order valence-corrected chi connectivity index (χ4v) is 2.52. The van der Waals surface area contributed by atoms with E-state index in [1.54, 1.807) is 0 Å². The zero-order valence-electron chi connectivity index (χ0n) is 8.41. The van der Waals surface area contributed by atoms with Crippen molar-refractivity contribution in [1.29, 1.82) is 0 Å². The highest BCUT2D eigenvalue weighted by Crippen LogP contribution is 2.31. The average molecular weight is 183 g/mol. The van der Waals surface area contributed by atoms with E-state index in [4.69, 9.17) is 5.11 Å². The predicted molar refractivity (Wildman–Crippen MR) is 53.6 cm³/mol. The molecule has 2 aliphatic rings. The fraction of sp³-hybridized carbons (Fsp3) is 1.00. The van der Waals surface area contributed by atoms with Gasteiger partial charge in [-0.15, -0.1) is 0 Å². The van der Waals surface area contributed by atoms with Gasteiger partial charge in [0.15, 0.2) is 0 Å². The van der Waals surface area contributed by atoms with Crippen LogP contribution in [0.2, 0.25) is 0 Å². The van der Waals surface area contributed by atoms with Crippen LogP contribution in [0.3, 0.4) is 0 Å². The molecule has 76 valence electrons. The van der Waals surface area contributed by atoms with E-state index in [0.29, 0.717) is 6.61 Å². The van der Waals surface area contributed by atoms with Crippen LogP contribution in [0, 0.1) is 5.92 Å². The average Bonchev–Trinajstić information content (AvgIpc) is 2.85. The Labute approximate surface area is 80.9 Å². The molecule has 0 saturated heterocycles. The minimum absolute atomic E-state index is 0.337. The molecule has 0 bridgehead atoms. The second-order valence-electron chi connectivity index (χ2n) is 4.60. The molecule has 0 aromatic rings. The summed E-state index contributed by atoms with van der Waals surface area (Å²) in [5, 5.41) is 8.95. The molecule has 2 saturated carbocycles. The number of rotatable bonds is 5. The summed E-state index contributed by atoms with van der Waals surface area (Å²) in [6, 6.07) is 0.827. The number of nitrogens with zero attached hydrogens (tertiary/aromatic N) is 1. The first-order chi connectivity index (χ1) is 6.40. The molecular weight excluding hydrogens is 162 g/mol. The molecule has 0 heterocycles. The van der Waals surface area contributed by atoms with Gasteiger partial charge in [-0.2, -0.15) is 0 Å². The van der Waals surface area contributed by atoms with Crippen molar-refractivity contribution in [2.24, 2.45) is 5.92 Å². The third-order valence-electron chi connectivity index (χ3n) is 3.42. The van der Waals surface area contributed by atoms with Crippen LogP contribution in [-0.2, 0) is 0 Å². The largest absolute Gasteiger partial charge is 0.395 e. The van der Waals surface area contributed by atoms with Gasteiger partial charge in [0.25, 0.3) is 0 Å². The minimum atomic E-state index is 0.337. The first kappa shape index (κ1) is 9.47. The van der Waals surface area contributed by atoms with Crippen molar-refractivity contribution < 1.29 is 5.11 Å². The van der Waals surface area contributed by atoms with Crippen molar-refractivity contribution in [1.82, 2.24) is 4.90 Å². The minimum Gasteiger partial charge on any atom is -0.395 e. The van der Waals surface area contributed by atoms with Crippen molar-refractivity contribution in [3.63, 3.8) is 0 Å². The summed E-state index contributed by atoms with van der Waals surface area (Å²) in [4.78, 5) is 2.51. The normalized spacial score (nSPS) is 24.5. The van der Waals surface area contributed by atoms with E-state index in [0.717, 1.165) is 18.5 Å². The van der Waals surface area contributed by atoms with E-state index in [9.17, 15) is 0 Å². The van der Waals surface area contributed by atoms with Gasteiger partial charge < -0.3 is 5.11 Å². The summed E-state index contributed by atoms with van der Waals surface area (Å²) in [7, 11) is 0. The van der Waals surface area contributed by atoms with Crippen LogP contribution in [0.5, 0.6) is 0 Å². The van der Waals surface area contributed by atoms with Gasteiger partial charge in [-0.3, -0.25) is 4.90 Å². The molecular formula is C11H21NO. The number of hydrogen-bond acceptors (Lipinski definition) is 2. The fourth-order valence-electron chi connectivity index (χ4n) is 2.52. The summed E-state index contributed by atoms with van der Waals surface area (Å²) in [6.07, 6.45) is 8.45. The zero-order valence-corrected chi connectivity index (χ0v) is 8.41. The topological polar surface area (TPSA) is 23.5 Å². The molecule has 2 rings (SSSR count). The number of hydrogen-bond donors (Lipinski definition) is 1. The second kappa shape index (κ2) is 4.43. The highest BCUT2D eigenvalue weighted by molar-refractivity contribution is 4.86. The molecule has 2 fully saturated rings. The maximum absolute atomic E-state index is 8.95. The Hall–Kier alpha value is -0.0800. The third kappa shape index (κ3) is 2.68. The van der Waals surface area contributed by atoms with Gasteiger partial charge in [0.05, 0.1) is 6.61 Å². The quantitative estimate of drug-likeness (QED) is 0.700. The first-order valence-electron chi connectivity index (χ1n) is 5.75. The van der Waals surface area contributed by atoms with E-state index >= 15 is 0 Å². The second-order valence-corrected chi connectivity index (χ2v) is 4.60. The first-order valence-corrected chi connectivity index (χ1v) is 5.75. The van der Waals surface area contributed by atoms with Crippen LogP contribution in [0.25, 0.3) is 0 Å². The highest BCUT2D eigenvalue weighted by Gasteiger charge is 2.30. The van der Waals surface area contributed by atoms with Crippen LogP contribution in [0.4, 0.5) is 0 Å². The van der Waals surface area contributed by atoms with E-state index in [-0.39, 0.29) is 0 Å². The van der Waals surface area contributed by atoms with Crippen molar-refractivity contribution in [2.75, 3.05) is 19.7 Å². The molecule has 0 amide bonds. The van der Waals surface area contributed by atoms with E-state index in [1.165, 1.54) is 45.1 Å². The van der Waals surface area contributed by atoms with E-state index < -0.39 is 0 Å². The highest BCUT2D eigenvalue weighted by atomic mass is 16.3. The van der Waals surface area contributed by atoms with Crippen molar-refractivity contribution in [2.45, 2.75) is 44.6 Å². The van der Waals surface area contributed by atoms with Crippen LogP contribution >= 0.6 is 0 Å². The molecule has 0 spiro atoms. The molecule has 0 aromatic carbocycles. The molecule has 13 heavy (non-hydrogen) atoms. The lowest BCUT2D eigenvalue weighted by Crippen LogP contribution is -2.33. The SMILES string of the molecule is OCCN(CC1CCCC1)C1CC1. The third-order valence-corrected chi connectivity index (χ3v) is 3.42. The number of aliphatic hydroxyl groups is 1. The van der Waals surface area contributed by atoms with Gasteiger partial charge in [0.2, 0.25) is 0 Å². The lowest BCUT2D eigenvalue weighted by Gasteiger charge is -2.24. The molecule has 0 atom stereocenters. The van der Waals surface area contributed by atoms with Gasteiger partial charge in [0, 0.05) is 19.1 Å². The molecule has 2 aliphatic carbocycles. The summed E-state index contributed by atoms with van der Waals surface area (Å²) in [5.74, 6) is 0.937. The number of aliphatic hydroxyl groups excluding tert-OH is 1. The van der Waals surface area contributed by atoms with Gasteiger partial charge in [-0.05, 0) is 31.6 Å². The van der Waals surface area contributed by atoms with E-state index in [2.05, 4.69) is 4.90 Å². The molecule has 2 nitrogen and oxygen atoms in total. The Kier molecular flexibility index (Phi) is 3.23. The Morgan fingerprint density at radius 2 is 1.77 bits per heavy atom. The lowest BCUT2D eigenvalue weighted by molar-refractivity contribution is 0.169. The van der Waals surface area contributed by atoms with Gasteiger partial charge in [-0.1, -0.05) is 12.8 Å². The molecule has 0 unspecified atom stereocenters. The smallest absolute Gasteiger partial charge is 0.0558 e. The monoisotopic (exact) mass is 183 g/mol. The van der Waals surface area contributed by atoms with Crippen molar-refractivity contribution in [3.05, 3.63) is 0 Å². The Morgan fingerprint density at radius 3 is 2.31 bits per heavy atom. The molecule has 0 aromatic heterocycles. The lowest BCUT2D eigenvalue weighted by atomic mass is 10.1. The Balaban J connectivity index is 1.74. The Bertz CT molecular complexity index is 150. The molecule has 1 N–H and O–H groups in total. The van der Waals surface area contributed by atoms with Gasteiger partial charge >= 0.3 is 0 Å². The van der Waals surface area contributed by atoms with Crippen molar-refractivity contribution in [3.8, 4) is 0 Å². The summed E-state index contributed by atoms with van der Waals surface area (Å²) in [5.41, 5.74) is 0. The van der Waals surface area contributed by atoms with Crippen LogP contribution in [-0.4, -0.2) is 35.7 Å². The maximum Gasteiger partial charge on any atom is 0.0558 e. The van der Waals surface area contributed by atoms with Crippen LogP contribution in [0.1, 0.15) is 38.5 Å². The van der Waals surface area contributed by atoms with Gasteiger partial charge in [0.1, 0.15) is 0 Å². The molecule has 2 heteroatoms. The summed E-state index contributed by atoms with van der Waals surface area (Å²) >= 11 is 0. The molecule has 0 aliphatic heterocycles. The van der Waals surface area contributed by atoms with Crippen molar-refractivity contribution >= 4 is 0 Å². The van der Waals surface area contributed by atoms with Crippen LogP contribution < -0.4 is 0 Å². The maximum atomic E-state index is 8.95. The molecule has 0 radical (unpaired) electrons. The predicted octanol–water partition coefficient (Wildman–Crippen LogP) is 1.63. The van der Waals surface area contributed by atoms with Crippen LogP contribution in [0.15, 0.2) is 0 Å².